The number of rotatable bonds is 5. The Morgan fingerprint density at radius 2 is 2.38 bits per heavy atom. The van der Waals surface area contributed by atoms with Crippen molar-refractivity contribution in [2.75, 3.05) is 19.8 Å². The molecule has 1 aliphatic heterocycles. The predicted octanol–water partition coefficient (Wildman–Crippen LogP) is 1.68. The Balaban J connectivity index is 1.48. The highest BCUT2D eigenvalue weighted by Crippen LogP contribution is 2.47. The zero-order chi connectivity index (χ0) is 14.9. The van der Waals surface area contributed by atoms with Gasteiger partial charge in [0, 0.05) is 31.6 Å². The van der Waals surface area contributed by atoms with Crippen LogP contribution in [0.5, 0.6) is 0 Å². The normalized spacial score (nSPS) is 31.7. The highest BCUT2D eigenvalue weighted by atomic mass is 16.5. The molecule has 114 valence electrons. The van der Waals surface area contributed by atoms with E-state index in [9.17, 15) is 9.90 Å². The zero-order valence-corrected chi connectivity index (χ0v) is 12.2. The molecule has 5 heteroatoms. The summed E-state index contributed by atoms with van der Waals surface area (Å²) in [5, 5.41) is 12.7. The van der Waals surface area contributed by atoms with Crippen LogP contribution in [0.15, 0.2) is 22.6 Å². The van der Waals surface area contributed by atoms with E-state index >= 15 is 0 Å². The number of ether oxygens (including phenoxy) is 1. The van der Waals surface area contributed by atoms with Crippen LogP contribution in [-0.2, 0) is 9.53 Å². The topological polar surface area (TPSA) is 71.7 Å². The van der Waals surface area contributed by atoms with Crippen molar-refractivity contribution in [2.45, 2.75) is 31.3 Å². The third-order valence-electron chi connectivity index (χ3n) is 4.20. The van der Waals surface area contributed by atoms with Crippen molar-refractivity contribution in [3.8, 4) is 0 Å². The molecule has 1 saturated carbocycles. The quantitative estimate of drug-likeness (QED) is 0.810. The van der Waals surface area contributed by atoms with Crippen molar-refractivity contribution in [3.63, 3.8) is 0 Å². The lowest BCUT2D eigenvalue weighted by Crippen LogP contribution is -2.42. The van der Waals surface area contributed by atoms with Crippen molar-refractivity contribution in [1.82, 2.24) is 5.32 Å². The summed E-state index contributed by atoms with van der Waals surface area (Å²) < 4.78 is 10.8. The molecule has 21 heavy (non-hydrogen) atoms. The summed E-state index contributed by atoms with van der Waals surface area (Å²) in [6.45, 7) is 3.22. The molecule has 2 fully saturated rings. The van der Waals surface area contributed by atoms with E-state index in [-0.39, 0.29) is 19.1 Å². The van der Waals surface area contributed by atoms with E-state index in [0.717, 1.165) is 5.76 Å². The van der Waals surface area contributed by atoms with Crippen molar-refractivity contribution >= 4 is 12.0 Å². The molecule has 3 atom stereocenters. The molecule has 0 bridgehead atoms. The van der Waals surface area contributed by atoms with E-state index in [2.05, 4.69) is 12.2 Å². The van der Waals surface area contributed by atoms with E-state index < -0.39 is 5.60 Å². The SMILES string of the molecule is CC1CC1c1ccc(/C=C/C(=O)NCC2(O)CCOC2)o1. The Bertz CT molecular complexity index is 542. The monoisotopic (exact) mass is 291 g/mol. The van der Waals surface area contributed by atoms with E-state index in [4.69, 9.17) is 9.15 Å². The highest BCUT2D eigenvalue weighted by Gasteiger charge is 2.36. The van der Waals surface area contributed by atoms with Crippen LogP contribution in [0, 0.1) is 5.92 Å². The van der Waals surface area contributed by atoms with Gasteiger partial charge in [-0.25, -0.2) is 0 Å². The first-order valence-corrected chi connectivity index (χ1v) is 7.41. The maximum atomic E-state index is 11.7. The lowest BCUT2D eigenvalue weighted by molar-refractivity contribution is -0.117. The van der Waals surface area contributed by atoms with Gasteiger partial charge in [0.2, 0.25) is 5.91 Å². The maximum absolute atomic E-state index is 11.7. The molecule has 2 N–H and O–H groups in total. The van der Waals surface area contributed by atoms with Gasteiger partial charge in [-0.2, -0.15) is 0 Å². The molecule has 2 heterocycles. The van der Waals surface area contributed by atoms with Crippen LogP contribution in [0.1, 0.15) is 37.2 Å². The van der Waals surface area contributed by atoms with Crippen molar-refractivity contribution < 1.29 is 19.1 Å². The fraction of sp³-hybridized carbons (Fsp3) is 0.562. The Hall–Kier alpha value is -1.59. The molecular formula is C16H21NO4. The van der Waals surface area contributed by atoms with Crippen molar-refractivity contribution in [2.24, 2.45) is 5.92 Å². The number of aliphatic hydroxyl groups is 1. The van der Waals surface area contributed by atoms with Crippen LogP contribution < -0.4 is 5.32 Å². The number of hydrogen-bond acceptors (Lipinski definition) is 4. The first kappa shape index (κ1) is 14.4. The molecule has 0 aromatic carbocycles. The van der Waals surface area contributed by atoms with E-state index in [1.54, 1.807) is 6.08 Å². The second-order valence-corrected chi connectivity index (χ2v) is 6.14. The Morgan fingerprint density at radius 3 is 3.05 bits per heavy atom. The maximum Gasteiger partial charge on any atom is 0.244 e. The molecule has 0 spiro atoms. The van der Waals surface area contributed by atoms with Gasteiger partial charge in [-0.15, -0.1) is 0 Å². The van der Waals surface area contributed by atoms with Crippen LogP contribution in [0.2, 0.25) is 0 Å². The molecule has 1 amide bonds. The largest absolute Gasteiger partial charge is 0.461 e. The number of hydrogen-bond donors (Lipinski definition) is 2. The highest BCUT2D eigenvalue weighted by molar-refractivity contribution is 5.91. The minimum absolute atomic E-state index is 0.208. The molecule has 1 saturated heterocycles. The van der Waals surface area contributed by atoms with Gasteiger partial charge >= 0.3 is 0 Å². The third kappa shape index (κ3) is 3.54. The molecule has 1 aromatic rings. The van der Waals surface area contributed by atoms with Gasteiger partial charge in [-0.3, -0.25) is 4.79 Å². The van der Waals surface area contributed by atoms with E-state index in [1.807, 2.05) is 12.1 Å². The van der Waals surface area contributed by atoms with Crippen LogP contribution in [0.4, 0.5) is 0 Å². The second kappa shape index (κ2) is 5.66. The lowest BCUT2D eigenvalue weighted by Gasteiger charge is -2.19. The van der Waals surface area contributed by atoms with Crippen LogP contribution in [0.3, 0.4) is 0 Å². The van der Waals surface area contributed by atoms with Gasteiger partial charge in [-0.05, 0) is 30.5 Å². The number of carbonyl (C=O) groups is 1. The van der Waals surface area contributed by atoms with Gasteiger partial charge < -0.3 is 19.6 Å². The van der Waals surface area contributed by atoms with Gasteiger partial charge in [0.1, 0.15) is 17.1 Å². The van der Waals surface area contributed by atoms with Gasteiger partial charge in [0.15, 0.2) is 0 Å². The van der Waals surface area contributed by atoms with Crippen LogP contribution in [0.25, 0.3) is 6.08 Å². The third-order valence-corrected chi connectivity index (χ3v) is 4.20. The summed E-state index contributed by atoms with van der Waals surface area (Å²) in [6.07, 6.45) is 4.81. The summed E-state index contributed by atoms with van der Waals surface area (Å²) in [5.74, 6) is 2.68. The predicted molar refractivity (Wildman–Crippen MR) is 77.7 cm³/mol. The Labute approximate surface area is 124 Å². The first-order valence-electron chi connectivity index (χ1n) is 7.41. The fourth-order valence-corrected chi connectivity index (χ4v) is 2.58. The van der Waals surface area contributed by atoms with Crippen LogP contribution in [-0.4, -0.2) is 36.4 Å². The summed E-state index contributed by atoms with van der Waals surface area (Å²) >= 11 is 0. The summed E-state index contributed by atoms with van der Waals surface area (Å²) in [7, 11) is 0. The minimum atomic E-state index is -0.927. The fourth-order valence-electron chi connectivity index (χ4n) is 2.58. The molecule has 0 radical (unpaired) electrons. The molecule has 1 aromatic heterocycles. The average molecular weight is 291 g/mol. The van der Waals surface area contributed by atoms with Gasteiger partial charge in [0.25, 0.3) is 0 Å². The second-order valence-electron chi connectivity index (χ2n) is 6.14. The molecule has 3 rings (SSSR count). The lowest BCUT2D eigenvalue weighted by atomic mass is 10.0. The van der Waals surface area contributed by atoms with Gasteiger partial charge in [-0.1, -0.05) is 6.92 Å². The standard InChI is InChI=1S/C16H21NO4/c1-11-8-13(11)14-4-2-12(21-14)3-5-15(18)17-9-16(19)6-7-20-10-16/h2-5,11,13,19H,6-10H2,1H3,(H,17,18)/b5-3+. The zero-order valence-electron chi connectivity index (χ0n) is 12.2. The number of nitrogens with one attached hydrogen (secondary N) is 1. The molecule has 2 aliphatic rings. The Morgan fingerprint density at radius 1 is 1.57 bits per heavy atom. The number of carbonyl (C=O) groups excluding carboxylic acids is 1. The van der Waals surface area contributed by atoms with Crippen LogP contribution >= 0.6 is 0 Å². The smallest absolute Gasteiger partial charge is 0.244 e. The summed E-state index contributed by atoms with van der Waals surface area (Å²) in [4.78, 5) is 11.7. The molecular weight excluding hydrogens is 270 g/mol. The summed E-state index contributed by atoms with van der Waals surface area (Å²) in [6, 6.07) is 3.85. The van der Waals surface area contributed by atoms with E-state index in [0.29, 0.717) is 30.6 Å². The molecule has 3 unspecified atom stereocenters. The van der Waals surface area contributed by atoms with Crippen molar-refractivity contribution in [1.29, 1.82) is 0 Å². The number of amides is 1. The van der Waals surface area contributed by atoms with Gasteiger partial charge in [0.05, 0.1) is 6.61 Å². The first-order chi connectivity index (χ1) is 10.1. The average Bonchev–Trinajstić information content (AvgIpc) is 2.89. The Kier molecular flexibility index (Phi) is 3.87. The molecule has 1 aliphatic carbocycles. The van der Waals surface area contributed by atoms with E-state index in [1.165, 1.54) is 12.5 Å². The number of furan rings is 1. The molecule has 5 nitrogen and oxygen atoms in total. The summed E-state index contributed by atoms with van der Waals surface area (Å²) in [5.41, 5.74) is -0.927. The minimum Gasteiger partial charge on any atom is -0.461 e. The van der Waals surface area contributed by atoms with Crippen molar-refractivity contribution in [3.05, 3.63) is 29.7 Å².